The summed E-state index contributed by atoms with van der Waals surface area (Å²) in [6.45, 7) is 6.62. The van der Waals surface area contributed by atoms with E-state index in [9.17, 15) is 4.79 Å². The van der Waals surface area contributed by atoms with Gasteiger partial charge in [-0.1, -0.05) is 6.92 Å². The van der Waals surface area contributed by atoms with Crippen molar-refractivity contribution < 1.29 is 9.53 Å². The van der Waals surface area contributed by atoms with Crippen LogP contribution in [0.3, 0.4) is 0 Å². The van der Waals surface area contributed by atoms with Crippen molar-refractivity contribution in [3.63, 3.8) is 0 Å². The Morgan fingerprint density at radius 1 is 1.62 bits per heavy atom. The van der Waals surface area contributed by atoms with Gasteiger partial charge in [-0.25, -0.2) is 0 Å². The zero-order valence-corrected chi connectivity index (χ0v) is 10.3. The van der Waals surface area contributed by atoms with Crippen molar-refractivity contribution in [2.24, 2.45) is 5.92 Å². The van der Waals surface area contributed by atoms with Gasteiger partial charge >= 0.3 is 0 Å². The number of amides is 1. The predicted molar refractivity (Wildman–Crippen MR) is 61.8 cm³/mol. The van der Waals surface area contributed by atoms with Crippen LogP contribution in [-0.2, 0) is 9.53 Å². The van der Waals surface area contributed by atoms with E-state index in [4.69, 9.17) is 10.00 Å². The van der Waals surface area contributed by atoms with E-state index >= 15 is 0 Å². The maximum Gasteiger partial charge on any atom is 0.234 e. The molecule has 0 aromatic carbocycles. The molecule has 1 unspecified atom stereocenters. The Bertz CT molecular complexity index is 238. The molecule has 1 atom stereocenters. The van der Waals surface area contributed by atoms with E-state index < -0.39 is 0 Å². The Balaban J connectivity index is 3.84. The van der Waals surface area contributed by atoms with Crippen LogP contribution < -0.4 is 5.32 Å². The molecule has 0 saturated heterocycles. The Morgan fingerprint density at radius 3 is 2.81 bits per heavy atom. The molecule has 16 heavy (non-hydrogen) atoms. The summed E-state index contributed by atoms with van der Waals surface area (Å²) < 4.78 is 4.83. The molecule has 1 N–H and O–H groups in total. The summed E-state index contributed by atoms with van der Waals surface area (Å²) in [5.74, 6) is -0.0734. The molecule has 0 bridgehead atoms. The molecule has 0 aromatic heterocycles. The Kier molecular flexibility index (Phi) is 8.49. The number of likely N-dealkylation sites (N-methyl/N-ethyl adjacent to an activating group) is 1. The van der Waals surface area contributed by atoms with E-state index in [2.05, 4.69) is 11.4 Å². The quantitative estimate of drug-likeness (QED) is 0.603. The molecule has 0 aromatic rings. The normalized spacial score (nSPS) is 12.2. The molecule has 0 spiro atoms. The van der Waals surface area contributed by atoms with Gasteiger partial charge in [-0.3, -0.25) is 9.69 Å². The summed E-state index contributed by atoms with van der Waals surface area (Å²) in [6, 6.07) is 2.16. The van der Waals surface area contributed by atoms with Gasteiger partial charge in [0.15, 0.2) is 0 Å². The van der Waals surface area contributed by atoms with Crippen molar-refractivity contribution in [3.8, 4) is 6.07 Å². The molecule has 0 heterocycles. The van der Waals surface area contributed by atoms with Gasteiger partial charge in [0, 0.05) is 20.2 Å². The smallest absolute Gasteiger partial charge is 0.234 e. The van der Waals surface area contributed by atoms with E-state index in [-0.39, 0.29) is 11.8 Å². The number of hydrogen-bond acceptors (Lipinski definition) is 4. The second kappa shape index (κ2) is 9.13. The highest BCUT2D eigenvalue weighted by molar-refractivity contribution is 5.77. The summed E-state index contributed by atoms with van der Waals surface area (Å²) in [7, 11) is 1.60. The number of carbonyl (C=O) groups excluding carboxylic acids is 1. The lowest BCUT2D eigenvalue weighted by atomic mass is 10.2. The summed E-state index contributed by atoms with van der Waals surface area (Å²) in [4.78, 5) is 13.4. The fourth-order valence-corrected chi connectivity index (χ4v) is 1.29. The summed E-state index contributed by atoms with van der Waals surface area (Å²) in [5.41, 5.74) is 0. The number of hydrogen-bond donors (Lipinski definition) is 1. The predicted octanol–water partition coefficient (Wildman–Crippen LogP) is 0.231. The largest absolute Gasteiger partial charge is 0.383 e. The van der Waals surface area contributed by atoms with Crippen LogP contribution in [0.25, 0.3) is 0 Å². The van der Waals surface area contributed by atoms with Crippen LogP contribution in [0.15, 0.2) is 0 Å². The van der Waals surface area contributed by atoms with Crippen molar-refractivity contribution >= 4 is 5.91 Å². The van der Waals surface area contributed by atoms with E-state index in [1.165, 1.54) is 0 Å². The second-order valence-electron chi connectivity index (χ2n) is 3.70. The number of nitrogens with zero attached hydrogens (tertiary/aromatic N) is 2. The van der Waals surface area contributed by atoms with Gasteiger partial charge in [-0.15, -0.1) is 0 Å². The first kappa shape index (κ1) is 14.9. The second-order valence-corrected chi connectivity index (χ2v) is 3.70. The van der Waals surface area contributed by atoms with Gasteiger partial charge in [-0.2, -0.15) is 5.26 Å². The fourth-order valence-electron chi connectivity index (χ4n) is 1.29. The monoisotopic (exact) mass is 227 g/mol. The summed E-state index contributed by atoms with van der Waals surface area (Å²) in [6.07, 6.45) is 0. The number of rotatable bonds is 8. The molecule has 0 aliphatic rings. The van der Waals surface area contributed by atoms with Gasteiger partial charge in [0.25, 0.3) is 0 Å². The lowest BCUT2D eigenvalue weighted by molar-refractivity contribution is -0.122. The van der Waals surface area contributed by atoms with Gasteiger partial charge < -0.3 is 10.1 Å². The van der Waals surface area contributed by atoms with Crippen LogP contribution in [0.1, 0.15) is 13.8 Å². The third-order valence-electron chi connectivity index (χ3n) is 2.20. The molecule has 0 aliphatic carbocycles. The highest BCUT2D eigenvalue weighted by Crippen LogP contribution is 1.97. The third-order valence-corrected chi connectivity index (χ3v) is 2.20. The molecule has 0 fully saturated rings. The molecule has 1 amide bonds. The van der Waals surface area contributed by atoms with Crippen LogP contribution in [-0.4, -0.2) is 50.7 Å². The van der Waals surface area contributed by atoms with Crippen molar-refractivity contribution in [2.75, 3.05) is 39.9 Å². The van der Waals surface area contributed by atoms with Crippen molar-refractivity contribution in [1.29, 1.82) is 5.26 Å². The lowest BCUT2D eigenvalue weighted by Gasteiger charge is -2.20. The molecule has 0 rings (SSSR count). The Morgan fingerprint density at radius 2 is 2.31 bits per heavy atom. The molecule has 5 heteroatoms. The van der Waals surface area contributed by atoms with E-state index in [1.807, 2.05) is 18.7 Å². The number of nitrogens with one attached hydrogen (secondary N) is 1. The number of nitriles is 1. The molecule has 5 nitrogen and oxygen atoms in total. The van der Waals surface area contributed by atoms with Crippen molar-refractivity contribution in [2.45, 2.75) is 13.8 Å². The summed E-state index contributed by atoms with van der Waals surface area (Å²) in [5, 5.41) is 11.4. The van der Waals surface area contributed by atoms with Crippen LogP contribution in [0, 0.1) is 17.2 Å². The molecule has 0 aliphatic heterocycles. The maximum atomic E-state index is 11.5. The highest BCUT2D eigenvalue weighted by Gasteiger charge is 2.11. The zero-order chi connectivity index (χ0) is 12.4. The van der Waals surface area contributed by atoms with Gasteiger partial charge in [0.05, 0.1) is 25.1 Å². The summed E-state index contributed by atoms with van der Waals surface area (Å²) >= 11 is 0. The van der Waals surface area contributed by atoms with E-state index in [0.717, 1.165) is 6.54 Å². The fraction of sp³-hybridized carbons (Fsp3) is 0.818. The first-order valence-electron chi connectivity index (χ1n) is 5.51. The van der Waals surface area contributed by atoms with Crippen LogP contribution in [0.5, 0.6) is 0 Å². The number of carbonyl (C=O) groups is 1. The maximum absolute atomic E-state index is 11.5. The Hall–Kier alpha value is -1.12. The molecular formula is C11H21N3O2. The molecule has 0 radical (unpaired) electrons. The van der Waals surface area contributed by atoms with Gasteiger partial charge in [0.1, 0.15) is 0 Å². The van der Waals surface area contributed by atoms with Crippen molar-refractivity contribution in [3.05, 3.63) is 0 Å². The van der Waals surface area contributed by atoms with E-state index in [0.29, 0.717) is 26.2 Å². The third kappa shape index (κ3) is 7.21. The minimum absolute atomic E-state index is 0.0240. The first-order valence-corrected chi connectivity index (χ1v) is 5.51. The standard InChI is InChI=1S/C11H21N3O2/c1-4-14(8-10(2)7-12)9-11(15)13-5-6-16-3/h10H,4-6,8-9H2,1-3H3,(H,13,15). The molecular weight excluding hydrogens is 206 g/mol. The average molecular weight is 227 g/mol. The highest BCUT2D eigenvalue weighted by atomic mass is 16.5. The van der Waals surface area contributed by atoms with Crippen molar-refractivity contribution in [1.82, 2.24) is 10.2 Å². The first-order chi connectivity index (χ1) is 7.63. The zero-order valence-electron chi connectivity index (χ0n) is 10.3. The molecule has 0 saturated carbocycles. The van der Waals surface area contributed by atoms with Gasteiger partial charge in [0.2, 0.25) is 5.91 Å². The number of methoxy groups -OCH3 is 1. The van der Waals surface area contributed by atoms with Crippen LogP contribution in [0.4, 0.5) is 0 Å². The average Bonchev–Trinajstić information content (AvgIpc) is 2.28. The van der Waals surface area contributed by atoms with Gasteiger partial charge in [-0.05, 0) is 13.5 Å². The van der Waals surface area contributed by atoms with Crippen LogP contribution in [0.2, 0.25) is 0 Å². The molecule has 92 valence electrons. The van der Waals surface area contributed by atoms with E-state index in [1.54, 1.807) is 7.11 Å². The minimum atomic E-state index is -0.0493. The Labute approximate surface area is 97.4 Å². The topological polar surface area (TPSA) is 65.4 Å². The minimum Gasteiger partial charge on any atom is -0.383 e. The lowest BCUT2D eigenvalue weighted by Crippen LogP contribution is -2.40. The SMILES string of the molecule is CCN(CC(=O)NCCOC)CC(C)C#N. The van der Waals surface area contributed by atoms with Crippen LogP contribution >= 0.6 is 0 Å². The number of ether oxygens (including phenoxy) is 1.